The van der Waals surface area contributed by atoms with E-state index in [1.807, 2.05) is 0 Å². The van der Waals surface area contributed by atoms with Crippen LogP contribution in [0, 0.1) is 0 Å². The lowest BCUT2D eigenvalue weighted by molar-refractivity contribution is 0.373. The second-order valence-electron chi connectivity index (χ2n) is 4.15. The minimum absolute atomic E-state index is 0.185. The lowest BCUT2D eigenvalue weighted by Crippen LogP contribution is -1.99. The Balaban J connectivity index is 1.77. The van der Waals surface area contributed by atoms with E-state index >= 15 is 0 Å². The molecule has 2 aromatic rings. The average molecular weight is 289 g/mol. The highest BCUT2D eigenvalue weighted by Crippen LogP contribution is 2.38. The molecule has 0 atom stereocenters. The Kier molecular flexibility index (Phi) is 2.63. The highest BCUT2D eigenvalue weighted by atomic mass is 35.7. The van der Waals surface area contributed by atoms with E-state index in [-0.39, 0.29) is 5.03 Å². The zero-order valence-corrected chi connectivity index (χ0v) is 10.7. The van der Waals surface area contributed by atoms with E-state index in [0.29, 0.717) is 24.2 Å². The summed E-state index contributed by atoms with van der Waals surface area (Å²) in [5.41, 5.74) is 0. The van der Waals surface area contributed by atoms with Crippen LogP contribution < -0.4 is 0 Å². The SMILES string of the molecule is O=S(=O)(Cl)c1cn(Cc2noc(C3CC3)n2)cn1. The number of nitrogens with zero attached hydrogens (tertiary/aromatic N) is 4. The Hall–Kier alpha value is -1.41. The van der Waals surface area contributed by atoms with Gasteiger partial charge < -0.3 is 9.09 Å². The number of aromatic nitrogens is 4. The van der Waals surface area contributed by atoms with Gasteiger partial charge in [-0.05, 0) is 12.8 Å². The Labute approximate surface area is 107 Å². The van der Waals surface area contributed by atoms with Crippen molar-refractivity contribution in [2.75, 3.05) is 0 Å². The zero-order valence-electron chi connectivity index (χ0n) is 9.15. The number of hydrogen-bond donors (Lipinski definition) is 0. The maximum atomic E-state index is 11.0. The molecule has 1 fully saturated rings. The fraction of sp³-hybridized carbons (Fsp3) is 0.444. The van der Waals surface area contributed by atoms with Gasteiger partial charge in [-0.2, -0.15) is 4.98 Å². The second kappa shape index (κ2) is 4.06. The summed E-state index contributed by atoms with van der Waals surface area (Å²) >= 11 is 0. The fourth-order valence-electron chi connectivity index (χ4n) is 1.54. The van der Waals surface area contributed by atoms with Crippen LogP contribution in [0.4, 0.5) is 0 Å². The molecule has 0 aromatic carbocycles. The van der Waals surface area contributed by atoms with Gasteiger partial charge in [0, 0.05) is 22.8 Å². The molecular weight excluding hydrogens is 280 g/mol. The van der Waals surface area contributed by atoms with Crippen molar-refractivity contribution in [2.45, 2.75) is 30.3 Å². The van der Waals surface area contributed by atoms with Crippen LogP contribution in [0.1, 0.15) is 30.5 Å². The second-order valence-corrected chi connectivity index (χ2v) is 6.66. The van der Waals surface area contributed by atoms with E-state index in [2.05, 4.69) is 15.1 Å². The van der Waals surface area contributed by atoms with Gasteiger partial charge in [-0.25, -0.2) is 13.4 Å². The first-order valence-corrected chi connectivity index (χ1v) is 7.62. The van der Waals surface area contributed by atoms with Crippen LogP contribution in [0.2, 0.25) is 0 Å². The van der Waals surface area contributed by atoms with Crippen molar-refractivity contribution in [3.05, 3.63) is 24.2 Å². The maximum Gasteiger partial charge on any atom is 0.280 e. The third kappa shape index (κ3) is 2.39. The van der Waals surface area contributed by atoms with Gasteiger partial charge in [-0.15, -0.1) is 0 Å². The average Bonchev–Trinajstić information content (AvgIpc) is 2.85. The monoisotopic (exact) mass is 288 g/mol. The zero-order chi connectivity index (χ0) is 12.8. The number of rotatable bonds is 4. The van der Waals surface area contributed by atoms with Crippen LogP contribution in [0.3, 0.4) is 0 Å². The summed E-state index contributed by atoms with van der Waals surface area (Å²) in [7, 11) is 1.38. The van der Waals surface area contributed by atoms with Gasteiger partial charge in [-0.1, -0.05) is 5.16 Å². The first-order chi connectivity index (χ1) is 8.52. The van der Waals surface area contributed by atoms with Crippen LogP contribution in [-0.2, 0) is 15.6 Å². The molecule has 1 aliphatic carbocycles. The Morgan fingerprint density at radius 3 is 2.89 bits per heavy atom. The fourth-order valence-corrected chi connectivity index (χ4v) is 2.22. The van der Waals surface area contributed by atoms with Crippen LogP contribution in [-0.4, -0.2) is 28.1 Å². The largest absolute Gasteiger partial charge is 0.339 e. The van der Waals surface area contributed by atoms with Crippen LogP contribution >= 0.6 is 10.7 Å². The lowest BCUT2D eigenvalue weighted by Gasteiger charge is -1.94. The number of halogens is 1. The Morgan fingerprint density at radius 1 is 1.50 bits per heavy atom. The van der Waals surface area contributed by atoms with E-state index in [1.54, 1.807) is 0 Å². The molecule has 2 aromatic heterocycles. The molecular formula is C9H9ClN4O3S. The third-order valence-corrected chi connectivity index (χ3v) is 3.78. The van der Waals surface area contributed by atoms with Crippen molar-refractivity contribution in [3.63, 3.8) is 0 Å². The van der Waals surface area contributed by atoms with E-state index in [9.17, 15) is 8.42 Å². The minimum Gasteiger partial charge on any atom is -0.339 e. The highest BCUT2D eigenvalue weighted by Gasteiger charge is 2.29. The smallest absolute Gasteiger partial charge is 0.280 e. The molecule has 18 heavy (non-hydrogen) atoms. The summed E-state index contributed by atoms with van der Waals surface area (Å²) in [4.78, 5) is 7.92. The Bertz CT molecular complexity index is 674. The molecule has 1 saturated carbocycles. The molecule has 3 rings (SSSR count). The molecule has 0 radical (unpaired) electrons. The lowest BCUT2D eigenvalue weighted by atomic mass is 10.4. The molecule has 0 amide bonds. The molecule has 9 heteroatoms. The van der Waals surface area contributed by atoms with Crippen LogP contribution in [0.25, 0.3) is 0 Å². The van der Waals surface area contributed by atoms with Gasteiger partial charge in [0.25, 0.3) is 9.05 Å². The van der Waals surface area contributed by atoms with Gasteiger partial charge in [-0.3, -0.25) is 0 Å². The standard InChI is InChI=1S/C9H9ClN4O3S/c10-18(15,16)8-4-14(5-11-8)3-7-12-9(17-13-7)6-1-2-6/h4-6H,1-3H2. The molecule has 0 spiro atoms. The summed E-state index contributed by atoms with van der Waals surface area (Å²) in [5.74, 6) is 1.54. The van der Waals surface area contributed by atoms with Gasteiger partial charge >= 0.3 is 0 Å². The van der Waals surface area contributed by atoms with Crippen LogP contribution in [0.5, 0.6) is 0 Å². The first-order valence-electron chi connectivity index (χ1n) is 5.31. The van der Waals surface area contributed by atoms with Crippen molar-refractivity contribution in [1.82, 2.24) is 19.7 Å². The molecule has 7 nitrogen and oxygen atoms in total. The van der Waals surface area contributed by atoms with E-state index in [0.717, 1.165) is 12.8 Å². The summed E-state index contributed by atoms with van der Waals surface area (Å²) in [6, 6.07) is 0. The number of imidazole rings is 1. The van der Waals surface area contributed by atoms with E-state index < -0.39 is 9.05 Å². The van der Waals surface area contributed by atoms with Crippen molar-refractivity contribution < 1.29 is 12.9 Å². The van der Waals surface area contributed by atoms with Crippen molar-refractivity contribution in [3.8, 4) is 0 Å². The first kappa shape index (κ1) is 11.7. The van der Waals surface area contributed by atoms with Gasteiger partial charge in [0.15, 0.2) is 10.9 Å². The molecule has 0 saturated heterocycles. The summed E-state index contributed by atoms with van der Waals surface area (Å²) in [6.45, 7) is 0.301. The molecule has 0 unspecified atom stereocenters. The van der Waals surface area contributed by atoms with Gasteiger partial charge in [0.1, 0.15) is 0 Å². The van der Waals surface area contributed by atoms with Crippen molar-refractivity contribution >= 4 is 19.7 Å². The molecule has 2 heterocycles. The number of hydrogen-bond acceptors (Lipinski definition) is 6. The highest BCUT2D eigenvalue weighted by molar-refractivity contribution is 8.13. The molecule has 1 aliphatic rings. The summed E-state index contributed by atoms with van der Waals surface area (Å²) in [5, 5.41) is 3.64. The summed E-state index contributed by atoms with van der Waals surface area (Å²) < 4.78 is 28.7. The van der Waals surface area contributed by atoms with Crippen LogP contribution in [0.15, 0.2) is 22.1 Å². The van der Waals surface area contributed by atoms with Crippen molar-refractivity contribution in [2.24, 2.45) is 0 Å². The third-order valence-electron chi connectivity index (χ3n) is 2.59. The minimum atomic E-state index is -3.80. The Morgan fingerprint density at radius 2 is 2.28 bits per heavy atom. The normalized spacial score (nSPS) is 16.1. The molecule has 0 N–H and O–H groups in total. The van der Waals surface area contributed by atoms with Crippen molar-refractivity contribution in [1.29, 1.82) is 0 Å². The predicted molar refractivity (Wildman–Crippen MR) is 60.6 cm³/mol. The predicted octanol–water partition coefficient (Wildman–Crippen LogP) is 1.12. The topological polar surface area (TPSA) is 90.9 Å². The van der Waals surface area contributed by atoms with Gasteiger partial charge in [0.2, 0.25) is 5.89 Å². The molecule has 0 aliphatic heterocycles. The van der Waals surface area contributed by atoms with E-state index in [4.69, 9.17) is 15.2 Å². The maximum absolute atomic E-state index is 11.0. The quantitative estimate of drug-likeness (QED) is 0.783. The molecule has 96 valence electrons. The van der Waals surface area contributed by atoms with Gasteiger partial charge in [0.05, 0.1) is 12.9 Å². The molecule has 0 bridgehead atoms. The summed E-state index contributed by atoms with van der Waals surface area (Å²) in [6.07, 6.45) is 4.86. The van der Waals surface area contributed by atoms with E-state index in [1.165, 1.54) is 17.1 Å².